The molecule has 38 nitrogen and oxygen atoms in total. The molecule has 14 atom stereocenters. The monoisotopic (exact) mass is 1790 g/mol. The molecule has 0 spiro atoms. The van der Waals surface area contributed by atoms with Gasteiger partial charge in [0.25, 0.3) is 10.1 Å². The number of urea groups is 1. The summed E-state index contributed by atoms with van der Waals surface area (Å²) in [7, 11) is -7.87. The van der Waals surface area contributed by atoms with Crippen LogP contribution in [0.1, 0.15) is 153 Å². The molecule has 0 aromatic heterocycles. The highest BCUT2D eigenvalue weighted by Gasteiger charge is 2.49. The van der Waals surface area contributed by atoms with E-state index in [-0.39, 0.29) is 82.1 Å². The Balaban J connectivity index is 0.00000295. The number of rotatable bonds is 41. The summed E-state index contributed by atoms with van der Waals surface area (Å²) in [6.07, 6.45) is -0.773. The van der Waals surface area contributed by atoms with Crippen LogP contribution in [0.5, 0.6) is 5.75 Å². The number of benzene rings is 4. The number of unbranched alkanes of at least 4 members (excludes halogenated alkanes) is 5. The van der Waals surface area contributed by atoms with Crippen molar-refractivity contribution in [3.8, 4) is 5.75 Å². The van der Waals surface area contributed by atoms with Gasteiger partial charge in [-0.3, -0.25) is 38.1 Å². The predicted octanol–water partition coefficient (Wildman–Crippen LogP) is 2.34. The molecule has 1 aliphatic carbocycles. The molecule has 9 rings (SSSR count). The van der Waals surface area contributed by atoms with Crippen LogP contribution in [-0.4, -0.2) is 253 Å². The molecule has 2 saturated heterocycles. The highest BCUT2D eigenvalue weighted by molar-refractivity contribution is 7.85. The second kappa shape index (κ2) is 47.5. The number of carbonyl (C=O) groups is 9. The molecule has 0 bridgehead atoms. The fraction of sp³-hybridized carbons (Fsp3) is 0.506. The lowest BCUT2D eigenvalue weighted by molar-refractivity contribution is -0.253. The fourth-order valence-corrected chi connectivity index (χ4v) is 16.2. The number of ether oxygens (including phenoxy) is 3. The first-order valence-electron chi connectivity index (χ1n) is 40.6. The standard InChI is InChI=1S/C84H109N7O26S.CO2.O3S/c1-83(2)56-23-14-15-24-60(56)90(44-68(97)88-71-75(103)73(101)63(46-92)116-80(71)109)65(83)37-29-50-20-16-21-51(30-38-66-84(3,4)57-43-55(118(112,113)114)34-36-61(57)91(66)45-69(98)89-72-76(104)74(102)64(47-93)117-81(72)110)77(50)115-54-32-27-49(28-33-54)40-52(78(105)106)42-62(95)59(41-48-18-10-9-11-19-48)86-67(96)25-13-8-6-5-7-12-22-53(94)31-35-58(79(107)108)87-82(111)85-39-17-26-70(99)100;2-1-3;1-4(2)3/h9-11,14-15,18-19,23-24,27-30,32-34,36-38,43,52,58-59,63-64,66,71-76,80-81,92-93,101-104,109-110H,5-8,12-13,16-17,20-22,25-26,31,35,39-42,44-47H2,1-4H3,(H,86,96)(H,88,97)(H,89,98)(H,99,100)(H,105,106)(H,107,108)(H2,85,87,111)(H,112,113,114);;/b38-30+,50-29+,65-37+;;/t52-,58+,59+,63?,64?,66?,71?,72?,73?,74?,75?,76?,80?,81?;;/m1../s1. The predicted molar refractivity (Wildman–Crippen MR) is 442 cm³/mol. The molecule has 4 aromatic rings. The largest absolute Gasteiger partial charge is 0.481 e. The number of nitrogens with zero attached hydrogens (tertiary/aromatic N) is 2. The van der Waals surface area contributed by atoms with Gasteiger partial charge in [-0.25, -0.2) is 9.59 Å². The topological polar surface area (TPSA) is 610 Å². The van der Waals surface area contributed by atoms with Gasteiger partial charge in [-0.1, -0.05) is 132 Å². The average Bonchev–Trinajstić information content (AvgIpc) is 1.63. The molecule has 11 unspecified atom stereocenters. The first-order chi connectivity index (χ1) is 59.1. The number of anilines is 2. The molecule has 125 heavy (non-hydrogen) atoms. The summed E-state index contributed by atoms with van der Waals surface area (Å²) in [5.41, 5.74) is 3.60. The van der Waals surface area contributed by atoms with E-state index < -0.39 is 195 Å². The van der Waals surface area contributed by atoms with Crippen LogP contribution in [0.25, 0.3) is 0 Å². The Morgan fingerprint density at radius 2 is 1.19 bits per heavy atom. The van der Waals surface area contributed by atoms with Crippen LogP contribution < -0.4 is 41.1 Å². The number of aliphatic carboxylic acids is 3. The lowest BCUT2D eigenvalue weighted by atomic mass is 9.80. The molecule has 5 amide bonds. The van der Waals surface area contributed by atoms with Gasteiger partial charge in [0, 0.05) is 66.6 Å². The number of carboxylic acids is 3. The van der Waals surface area contributed by atoms with Crippen molar-refractivity contribution in [3.63, 3.8) is 0 Å². The maximum absolute atomic E-state index is 14.4. The van der Waals surface area contributed by atoms with E-state index in [1.807, 2.05) is 50.3 Å². The van der Waals surface area contributed by atoms with Gasteiger partial charge in [0.1, 0.15) is 78.6 Å². The summed E-state index contributed by atoms with van der Waals surface area (Å²) in [6, 6.07) is 19.9. The van der Waals surface area contributed by atoms with E-state index in [2.05, 4.69) is 26.6 Å². The Labute approximate surface area is 722 Å². The Morgan fingerprint density at radius 1 is 0.624 bits per heavy atom. The molecule has 40 heteroatoms. The number of nitrogens with one attached hydrogen (secondary N) is 5. The Morgan fingerprint density at radius 3 is 1.77 bits per heavy atom. The number of hydrogen-bond acceptors (Lipinski definition) is 29. The van der Waals surface area contributed by atoms with Crippen molar-refractivity contribution in [2.75, 3.05) is 42.6 Å². The van der Waals surface area contributed by atoms with Gasteiger partial charge in [-0.05, 0) is 134 Å². The normalized spacial score (nSPS) is 23.1. The van der Waals surface area contributed by atoms with Crippen molar-refractivity contribution < 1.29 is 149 Å². The molecule has 2 fully saturated rings. The Hall–Kier alpha value is -10.8. The summed E-state index contributed by atoms with van der Waals surface area (Å²) in [5.74, 6) is -6.73. The molecule has 4 heterocycles. The minimum atomic E-state index is -4.75. The number of ketones is 2. The quantitative estimate of drug-likeness (QED) is 0.0224. The lowest BCUT2D eigenvalue weighted by Gasteiger charge is -2.40. The van der Waals surface area contributed by atoms with E-state index in [9.17, 15) is 107 Å². The van der Waals surface area contributed by atoms with Crippen molar-refractivity contribution in [2.45, 2.75) is 238 Å². The van der Waals surface area contributed by atoms with Crippen molar-refractivity contribution in [3.05, 3.63) is 166 Å². The number of carboxylic acid groups (broad SMARTS) is 3. The number of aliphatic hydroxyl groups excluding tert-OH is 8. The number of allylic oxidation sites excluding steroid dienone is 6. The number of Topliss-reactive ketones (excluding diaryl/α,β-unsaturated/α-hetero) is 2. The van der Waals surface area contributed by atoms with Crippen LogP contribution in [-0.2, 0) is 102 Å². The van der Waals surface area contributed by atoms with Crippen molar-refractivity contribution in [1.82, 2.24) is 26.6 Å². The van der Waals surface area contributed by atoms with E-state index in [0.717, 1.165) is 24.0 Å². The van der Waals surface area contributed by atoms with Crippen LogP contribution in [0.4, 0.5) is 16.2 Å². The summed E-state index contributed by atoms with van der Waals surface area (Å²) < 4.78 is 78.6. The van der Waals surface area contributed by atoms with Gasteiger partial charge in [-0.2, -0.15) is 18.0 Å². The summed E-state index contributed by atoms with van der Waals surface area (Å²) >= 11 is 0. The van der Waals surface area contributed by atoms with E-state index in [1.165, 1.54) is 18.2 Å². The maximum atomic E-state index is 14.4. The second-order valence-electron chi connectivity index (χ2n) is 31.9. The van der Waals surface area contributed by atoms with Crippen LogP contribution >= 0.6 is 0 Å². The molecule has 5 aliphatic rings. The van der Waals surface area contributed by atoms with Gasteiger partial charge in [0.2, 0.25) is 17.7 Å². The molecular formula is C85H109N7O31S2. The van der Waals surface area contributed by atoms with Crippen LogP contribution in [0.3, 0.4) is 0 Å². The Kier molecular flexibility index (Phi) is 38.5. The lowest BCUT2D eigenvalue weighted by Crippen LogP contribution is -2.64. The number of hydrogen-bond donors (Lipinski definition) is 17. The van der Waals surface area contributed by atoms with Crippen molar-refractivity contribution >= 4 is 91.5 Å². The highest BCUT2D eigenvalue weighted by atomic mass is 32.2. The zero-order valence-electron chi connectivity index (χ0n) is 69.2. The molecular weight excluding hydrogens is 1680 g/mol. The smallest absolute Gasteiger partial charge is 0.425 e. The van der Waals surface area contributed by atoms with Crippen LogP contribution in [0, 0.1) is 5.92 Å². The first-order valence-corrected chi connectivity index (χ1v) is 43.0. The van der Waals surface area contributed by atoms with Gasteiger partial charge in [0.15, 0.2) is 18.4 Å². The van der Waals surface area contributed by atoms with Crippen LogP contribution in [0.15, 0.2) is 149 Å². The van der Waals surface area contributed by atoms with Crippen LogP contribution in [0.2, 0.25) is 0 Å². The SMILES string of the molecule is CC1(C)/C(=C\C=C2/CCCC(/C=C/C3N(CC(=O)NC4C(O)OC(CO)C(O)C4O)c4ccc(S(=O)(=O)O)cc4C3(C)C)=C2Oc2ccc(C[C@H](CC(=O)[C@H](Cc3ccccc3)NC(=O)CCCCCCCCC(=O)CC[C@H](NC(=O)NCCCC(=O)O)C(=O)O)C(=O)O)cc2)N(CC(=O)NC2C(O)OC(CO)C(O)C2O)c2ccccc21.O=C=O.O=S(=O)=O. The second-order valence-corrected chi connectivity index (χ2v) is 33.7. The third-order valence-electron chi connectivity index (χ3n) is 22.3. The summed E-state index contributed by atoms with van der Waals surface area (Å²) in [5, 5.41) is 126. The molecule has 17 N–H and O–H groups in total. The molecule has 4 aromatic carbocycles. The number of para-hydroxylation sites is 1. The van der Waals surface area contributed by atoms with E-state index in [4.69, 9.17) is 41.5 Å². The molecule has 4 aliphatic heterocycles. The molecule has 682 valence electrons. The van der Waals surface area contributed by atoms with E-state index in [1.54, 1.807) is 90.4 Å². The number of carbonyl (C=O) groups excluding carboxylic acids is 8. The van der Waals surface area contributed by atoms with Gasteiger partial charge in [0.05, 0.1) is 42.7 Å². The number of aliphatic hydroxyl groups is 8. The van der Waals surface area contributed by atoms with Gasteiger partial charge >= 0.3 is 40.7 Å². The van der Waals surface area contributed by atoms with Crippen molar-refractivity contribution in [1.29, 1.82) is 0 Å². The van der Waals surface area contributed by atoms with E-state index >= 15 is 0 Å². The Bertz CT molecular complexity index is 4840. The highest BCUT2D eigenvalue weighted by Crippen LogP contribution is 2.49. The van der Waals surface area contributed by atoms with Crippen molar-refractivity contribution in [2.24, 2.45) is 5.92 Å². The summed E-state index contributed by atoms with van der Waals surface area (Å²) in [4.78, 5) is 136. The zero-order chi connectivity index (χ0) is 92.2. The maximum Gasteiger partial charge on any atom is 0.425 e. The van der Waals surface area contributed by atoms with Gasteiger partial charge < -0.3 is 107 Å². The molecule has 0 radical (unpaired) electrons. The zero-order valence-corrected chi connectivity index (χ0v) is 70.9. The number of fused-ring (bicyclic) bond motifs is 2. The minimum absolute atomic E-state index is 0.0301. The van der Waals surface area contributed by atoms with E-state index in [0.29, 0.717) is 90.0 Å². The number of amides is 5. The molecule has 0 saturated carbocycles. The van der Waals surface area contributed by atoms with Gasteiger partial charge in [-0.15, -0.1) is 12.6 Å². The summed E-state index contributed by atoms with van der Waals surface area (Å²) in [6.45, 7) is 5.27. The fourth-order valence-electron chi connectivity index (χ4n) is 15.7. The third kappa shape index (κ3) is 28.9. The average molecular weight is 1790 g/mol. The first kappa shape index (κ1) is 101. The third-order valence-corrected chi connectivity index (χ3v) is 23.2. The minimum Gasteiger partial charge on any atom is -0.481 e.